The second-order valence-corrected chi connectivity index (χ2v) is 5.50. The van der Waals surface area contributed by atoms with Gasteiger partial charge in [0.1, 0.15) is 22.2 Å². The van der Waals surface area contributed by atoms with Gasteiger partial charge in [-0.2, -0.15) is 0 Å². The molecule has 6 nitrogen and oxygen atoms in total. The summed E-state index contributed by atoms with van der Waals surface area (Å²) in [5.41, 5.74) is 1.81. The number of sulfonamides is 1. The lowest BCUT2D eigenvalue weighted by Gasteiger charge is -2.08. The summed E-state index contributed by atoms with van der Waals surface area (Å²) in [6.07, 6.45) is 1.34. The standard InChI is InChI=1S/C12H9F2N3O3S/c13-8-4-5-9(14)11(7-8)21(19,20)17-16-12(18)10-3-1-2-6-15-10/h1-7,17H,(H,16,18). The molecule has 0 saturated carbocycles. The van der Waals surface area contributed by atoms with E-state index in [9.17, 15) is 22.0 Å². The van der Waals surface area contributed by atoms with E-state index in [0.29, 0.717) is 12.1 Å². The van der Waals surface area contributed by atoms with Crippen molar-refractivity contribution in [1.29, 1.82) is 0 Å². The number of pyridine rings is 1. The van der Waals surface area contributed by atoms with Crippen LogP contribution in [0.25, 0.3) is 0 Å². The highest BCUT2D eigenvalue weighted by atomic mass is 32.2. The van der Waals surface area contributed by atoms with E-state index in [4.69, 9.17) is 0 Å². The van der Waals surface area contributed by atoms with Crippen molar-refractivity contribution in [2.75, 3.05) is 0 Å². The lowest BCUT2D eigenvalue weighted by molar-refractivity contribution is 0.0940. The van der Waals surface area contributed by atoms with Crippen molar-refractivity contribution in [1.82, 2.24) is 15.2 Å². The molecule has 0 saturated heterocycles. The molecule has 9 heteroatoms. The van der Waals surface area contributed by atoms with Crippen molar-refractivity contribution < 1.29 is 22.0 Å². The Kier molecular flexibility index (Phi) is 4.24. The van der Waals surface area contributed by atoms with Crippen molar-refractivity contribution in [2.24, 2.45) is 0 Å². The number of carbonyl (C=O) groups excluding carboxylic acids is 1. The first-order valence-corrected chi connectivity index (χ1v) is 7.07. The lowest BCUT2D eigenvalue weighted by atomic mass is 10.3. The van der Waals surface area contributed by atoms with E-state index < -0.39 is 32.5 Å². The van der Waals surface area contributed by atoms with Crippen LogP contribution in [-0.2, 0) is 10.0 Å². The third kappa shape index (κ3) is 3.58. The molecule has 1 aromatic heterocycles. The molecule has 1 aromatic carbocycles. The van der Waals surface area contributed by atoms with Gasteiger partial charge >= 0.3 is 0 Å². The summed E-state index contributed by atoms with van der Waals surface area (Å²) in [5, 5.41) is 0. The highest BCUT2D eigenvalue weighted by Gasteiger charge is 2.21. The monoisotopic (exact) mass is 313 g/mol. The Hall–Kier alpha value is -2.39. The van der Waals surface area contributed by atoms with Crippen molar-refractivity contribution in [3.05, 3.63) is 59.9 Å². The summed E-state index contributed by atoms with van der Waals surface area (Å²) >= 11 is 0. The van der Waals surface area contributed by atoms with Crippen LogP contribution in [0.5, 0.6) is 0 Å². The summed E-state index contributed by atoms with van der Waals surface area (Å²) in [6.45, 7) is 0. The molecule has 0 unspecified atom stereocenters. The molecular formula is C12H9F2N3O3S. The quantitative estimate of drug-likeness (QED) is 0.824. The summed E-state index contributed by atoms with van der Waals surface area (Å²) in [4.78, 5) is 16.1. The van der Waals surface area contributed by atoms with Gasteiger partial charge < -0.3 is 0 Å². The molecular weight excluding hydrogens is 304 g/mol. The van der Waals surface area contributed by atoms with E-state index in [2.05, 4.69) is 4.98 Å². The van der Waals surface area contributed by atoms with E-state index in [1.165, 1.54) is 18.3 Å². The van der Waals surface area contributed by atoms with Gasteiger partial charge in [-0.3, -0.25) is 15.2 Å². The molecule has 2 aromatic rings. The Morgan fingerprint density at radius 1 is 1.14 bits per heavy atom. The number of hydrogen-bond acceptors (Lipinski definition) is 4. The summed E-state index contributed by atoms with van der Waals surface area (Å²) in [7, 11) is -4.44. The molecule has 0 fully saturated rings. The first kappa shape index (κ1) is 15.0. The summed E-state index contributed by atoms with van der Waals surface area (Å²) in [5.74, 6) is -2.90. The molecule has 0 aliphatic rings. The Morgan fingerprint density at radius 3 is 2.57 bits per heavy atom. The maximum absolute atomic E-state index is 13.4. The molecule has 2 N–H and O–H groups in total. The number of nitrogens with zero attached hydrogens (tertiary/aromatic N) is 1. The Labute approximate surface area is 118 Å². The third-order valence-electron chi connectivity index (χ3n) is 2.38. The Bertz CT molecular complexity index is 767. The smallest absolute Gasteiger partial charge is 0.272 e. The van der Waals surface area contributed by atoms with Gasteiger partial charge in [-0.05, 0) is 30.3 Å². The number of nitrogens with one attached hydrogen (secondary N) is 2. The highest BCUT2D eigenvalue weighted by molar-refractivity contribution is 7.89. The topological polar surface area (TPSA) is 88.2 Å². The van der Waals surface area contributed by atoms with Crippen molar-refractivity contribution in [3.63, 3.8) is 0 Å². The van der Waals surface area contributed by atoms with E-state index >= 15 is 0 Å². The van der Waals surface area contributed by atoms with Crippen molar-refractivity contribution in [3.8, 4) is 0 Å². The van der Waals surface area contributed by atoms with Crippen molar-refractivity contribution in [2.45, 2.75) is 4.90 Å². The van der Waals surface area contributed by atoms with Crippen LogP contribution in [0, 0.1) is 11.6 Å². The normalized spacial score (nSPS) is 11.1. The van der Waals surface area contributed by atoms with Gasteiger partial charge in [-0.15, -0.1) is 4.83 Å². The SMILES string of the molecule is O=C(NNS(=O)(=O)c1cc(F)ccc1F)c1ccccn1. The largest absolute Gasteiger partial charge is 0.284 e. The number of amides is 1. The number of rotatable bonds is 4. The van der Waals surface area contributed by atoms with Crippen LogP contribution in [-0.4, -0.2) is 19.3 Å². The first-order valence-electron chi connectivity index (χ1n) is 5.58. The molecule has 2 rings (SSSR count). The van der Waals surface area contributed by atoms with E-state index in [-0.39, 0.29) is 5.69 Å². The van der Waals surface area contributed by atoms with Crippen LogP contribution in [0.4, 0.5) is 8.78 Å². The molecule has 0 radical (unpaired) electrons. The van der Waals surface area contributed by atoms with Crippen LogP contribution in [0.2, 0.25) is 0 Å². The number of hydrogen-bond donors (Lipinski definition) is 2. The number of hydrazine groups is 1. The molecule has 0 aliphatic carbocycles. The minimum absolute atomic E-state index is 0.0417. The first-order chi connectivity index (χ1) is 9.90. The predicted molar refractivity (Wildman–Crippen MR) is 68.4 cm³/mol. The number of halogens is 2. The van der Waals surface area contributed by atoms with Gasteiger partial charge in [0.15, 0.2) is 0 Å². The van der Waals surface area contributed by atoms with Gasteiger partial charge in [0.05, 0.1) is 0 Å². The maximum Gasteiger partial charge on any atom is 0.284 e. The van der Waals surface area contributed by atoms with Crippen LogP contribution in [0.1, 0.15) is 10.5 Å². The van der Waals surface area contributed by atoms with Crippen LogP contribution in [0.15, 0.2) is 47.5 Å². The number of carbonyl (C=O) groups is 1. The fourth-order valence-electron chi connectivity index (χ4n) is 1.41. The molecule has 0 aliphatic heterocycles. The zero-order valence-corrected chi connectivity index (χ0v) is 11.2. The van der Waals surface area contributed by atoms with Gasteiger partial charge in [0, 0.05) is 6.20 Å². The fourth-order valence-corrected chi connectivity index (χ4v) is 2.34. The number of aromatic nitrogens is 1. The number of benzene rings is 1. The van der Waals surface area contributed by atoms with E-state index in [1.54, 1.807) is 10.9 Å². The molecule has 21 heavy (non-hydrogen) atoms. The van der Waals surface area contributed by atoms with E-state index in [0.717, 1.165) is 6.07 Å². The van der Waals surface area contributed by atoms with Gasteiger partial charge in [0.25, 0.3) is 15.9 Å². The molecule has 1 heterocycles. The third-order valence-corrected chi connectivity index (χ3v) is 3.64. The molecule has 0 spiro atoms. The minimum Gasteiger partial charge on any atom is -0.272 e. The lowest BCUT2D eigenvalue weighted by Crippen LogP contribution is -2.42. The van der Waals surface area contributed by atoms with Crippen LogP contribution in [0.3, 0.4) is 0 Å². The zero-order chi connectivity index (χ0) is 15.5. The Morgan fingerprint density at radius 2 is 1.90 bits per heavy atom. The van der Waals surface area contributed by atoms with Crippen molar-refractivity contribution >= 4 is 15.9 Å². The van der Waals surface area contributed by atoms with Gasteiger partial charge in [-0.1, -0.05) is 6.07 Å². The summed E-state index contributed by atoms with van der Waals surface area (Å²) < 4.78 is 50.0. The molecule has 0 atom stereocenters. The van der Waals surface area contributed by atoms with Crippen LogP contribution >= 0.6 is 0 Å². The van der Waals surface area contributed by atoms with Gasteiger partial charge in [-0.25, -0.2) is 17.2 Å². The average Bonchev–Trinajstić information content (AvgIpc) is 2.48. The van der Waals surface area contributed by atoms with E-state index in [1.807, 2.05) is 5.43 Å². The zero-order valence-electron chi connectivity index (χ0n) is 10.4. The summed E-state index contributed by atoms with van der Waals surface area (Å²) in [6, 6.07) is 6.41. The van der Waals surface area contributed by atoms with Crippen LogP contribution < -0.4 is 10.3 Å². The Balaban J connectivity index is 2.15. The second-order valence-electron chi connectivity index (χ2n) is 3.85. The molecule has 0 bridgehead atoms. The second kappa shape index (κ2) is 5.94. The predicted octanol–water partition coefficient (Wildman–Crippen LogP) is 0.983. The molecule has 110 valence electrons. The van der Waals surface area contributed by atoms with Gasteiger partial charge in [0.2, 0.25) is 0 Å². The highest BCUT2D eigenvalue weighted by Crippen LogP contribution is 2.14. The maximum atomic E-state index is 13.4. The average molecular weight is 313 g/mol. The minimum atomic E-state index is -4.44. The molecule has 1 amide bonds. The fraction of sp³-hybridized carbons (Fsp3) is 0.